The van der Waals surface area contributed by atoms with Crippen molar-refractivity contribution in [1.82, 2.24) is 4.98 Å². The molecule has 0 saturated carbocycles. The van der Waals surface area contributed by atoms with E-state index < -0.39 is 5.78 Å². The minimum Gasteiger partial charge on any atom is -0.493 e. The number of nitrogens with zero attached hydrogens (tertiary/aromatic N) is 1. The second kappa shape index (κ2) is 8.37. The number of aromatic nitrogens is 1. The van der Waals surface area contributed by atoms with Gasteiger partial charge in [0, 0.05) is 11.3 Å². The lowest BCUT2D eigenvalue weighted by Gasteiger charge is -2.09. The maximum Gasteiger partial charge on any atom is 0.219 e. The second-order valence-corrected chi connectivity index (χ2v) is 6.02. The van der Waals surface area contributed by atoms with Crippen molar-refractivity contribution in [1.29, 1.82) is 5.26 Å². The zero-order valence-corrected chi connectivity index (χ0v) is 16.1. The van der Waals surface area contributed by atoms with Crippen molar-refractivity contribution < 1.29 is 19.1 Å². The molecule has 140 valence electrons. The number of aryl methyl sites for hydroxylation is 1. The summed E-state index contributed by atoms with van der Waals surface area (Å²) in [5.41, 5.74) is 2.50. The average molecular weight is 366 g/mol. The third-order valence-corrected chi connectivity index (χ3v) is 4.18. The maximum absolute atomic E-state index is 12.8. The highest BCUT2D eigenvalue weighted by Gasteiger charge is 2.22. The van der Waals surface area contributed by atoms with Crippen LogP contribution in [0.4, 0.5) is 0 Å². The van der Waals surface area contributed by atoms with Gasteiger partial charge in [-0.1, -0.05) is 6.07 Å². The molecular formula is C21H22N2O4. The Labute approximate surface area is 158 Å². The van der Waals surface area contributed by atoms with Gasteiger partial charge in [-0.25, -0.2) is 0 Å². The first kappa shape index (κ1) is 20.0. The molecule has 0 fully saturated rings. The lowest BCUT2D eigenvalue weighted by Crippen LogP contribution is -2.05. The number of Topliss-reactive ketones (excluding diaryl/α,β-unsaturated/α-hetero) is 2. The van der Waals surface area contributed by atoms with E-state index in [2.05, 4.69) is 4.98 Å². The molecule has 0 atom stereocenters. The van der Waals surface area contributed by atoms with Crippen molar-refractivity contribution in [3.8, 4) is 17.6 Å². The normalized spacial score (nSPS) is 11.0. The number of hydrogen-bond acceptors (Lipinski definition) is 5. The number of allylic oxidation sites excluding steroid dienone is 1. The van der Waals surface area contributed by atoms with Gasteiger partial charge in [0.1, 0.15) is 11.6 Å². The van der Waals surface area contributed by atoms with Crippen molar-refractivity contribution in [2.45, 2.75) is 27.7 Å². The Bertz CT molecular complexity index is 961. The molecule has 0 aliphatic heterocycles. The van der Waals surface area contributed by atoms with Gasteiger partial charge in [-0.3, -0.25) is 9.59 Å². The number of nitrogens with one attached hydrogen (secondary N) is 1. The Balaban J connectivity index is 2.47. The van der Waals surface area contributed by atoms with Crippen molar-refractivity contribution >= 4 is 17.6 Å². The van der Waals surface area contributed by atoms with Gasteiger partial charge in [0.25, 0.3) is 0 Å². The quantitative estimate of drug-likeness (QED) is 0.454. The van der Waals surface area contributed by atoms with Gasteiger partial charge in [0.15, 0.2) is 17.3 Å². The van der Waals surface area contributed by atoms with Gasteiger partial charge in [-0.05, 0) is 57.0 Å². The van der Waals surface area contributed by atoms with Gasteiger partial charge in [0.2, 0.25) is 5.78 Å². The fourth-order valence-electron chi connectivity index (χ4n) is 3.01. The monoisotopic (exact) mass is 366 g/mol. The van der Waals surface area contributed by atoms with E-state index in [-0.39, 0.29) is 17.1 Å². The van der Waals surface area contributed by atoms with E-state index in [9.17, 15) is 14.9 Å². The number of carbonyl (C=O) groups excluding carboxylic acids is 2. The fraction of sp³-hybridized carbons (Fsp3) is 0.286. The Morgan fingerprint density at radius 1 is 1.26 bits per heavy atom. The van der Waals surface area contributed by atoms with E-state index in [0.717, 1.165) is 0 Å². The highest BCUT2D eigenvalue weighted by molar-refractivity contribution is 6.15. The molecule has 1 heterocycles. The molecule has 6 heteroatoms. The summed E-state index contributed by atoms with van der Waals surface area (Å²) >= 11 is 0. The van der Waals surface area contributed by atoms with E-state index in [4.69, 9.17) is 9.47 Å². The second-order valence-electron chi connectivity index (χ2n) is 6.02. The number of ether oxygens (including phenoxy) is 2. The Kier molecular flexibility index (Phi) is 6.19. The third-order valence-electron chi connectivity index (χ3n) is 4.18. The van der Waals surface area contributed by atoms with Gasteiger partial charge < -0.3 is 14.5 Å². The summed E-state index contributed by atoms with van der Waals surface area (Å²) in [4.78, 5) is 27.5. The largest absolute Gasteiger partial charge is 0.493 e. The summed E-state index contributed by atoms with van der Waals surface area (Å²) in [5.74, 6) is 0.517. The van der Waals surface area contributed by atoms with Crippen LogP contribution in [0.5, 0.6) is 11.5 Å². The number of benzene rings is 1. The maximum atomic E-state index is 12.8. The van der Waals surface area contributed by atoms with Crippen molar-refractivity contribution in [3.63, 3.8) is 0 Å². The molecule has 0 saturated heterocycles. The van der Waals surface area contributed by atoms with E-state index in [1.165, 1.54) is 13.0 Å². The first-order valence-electron chi connectivity index (χ1n) is 8.51. The zero-order valence-electron chi connectivity index (χ0n) is 16.1. The molecule has 0 aliphatic carbocycles. The predicted octanol–water partition coefficient (Wildman–Crippen LogP) is 4.03. The molecule has 1 N–H and O–H groups in total. The van der Waals surface area contributed by atoms with Gasteiger partial charge in [0.05, 0.1) is 19.4 Å². The molecule has 0 bridgehead atoms. The molecule has 27 heavy (non-hydrogen) atoms. The molecular weight excluding hydrogens is 344 g/mol. The predicted molar refractivity (Wildman–Crippen MR) is 102 cm³/mol. The van der Waals surface area contributed by atoms with Crippen LogP contribution in [0.25, 0.3) is 6.08 Å². The van der Waals surface area contributed by atoms with E-state index in [1.807, 2.05) is 13.0 Å². The van der Waals surface area contributed by atoms with Crippen molar-refractivity contribution in [2.24, 2.45) is 0 Å². The first-order valence-corrected chi connectivity index (χ1v) is 8.51. The number of hydrogen-bond donors (Lipinski definition) is 1. The SMILES string of the molecule is CCOc1cc(/C=C(\C#N)C(=O)c2[nH]c(C)c(C(C)=O)c2C)ccc1OC. The van der Waals surface area contributed by atoms with Crippen LogP contribution in [-0.2, 0) is 0 Å². The molecule has 0 amide bonds. The molecule has 6 nitrogen and oxygen atoms in total. The number of nitriles is 1. The lowest BCUT2D eigenvalue weighted by atomic mass is 10.0. The minimum absolute atomic E-state index is 0.0398. The topological polar surface area (TPSA) is 92.2 Å². The van der Waals surface area contributed by atoms with Crippen molar-refractivity contribution in [3.05, 3.63) is 51.9 Å². The molecule has 0 radical (unpaired) electrons. The lowest BCUT2D eigenvalue weighted by molar-refractivity contribution is 0.101. The highest BCUT2D eigenvalue weighted by atomic mass is 16.5. The van der Waals surface area contributed by atoms with Crippen LogP contribution >= 0.6 is 0 Å². The van der Waals surface area contributed by atoms with E-state index >= 15 is 0 Å². The average Bonchev–Trinajstić information content (AvgIpc) is 2.94. The Morgan fingerprint density at radius 2 is 1.96 bits per heavy atom. The van der Waals surface area contributed by atoms with Gasteiger partial charge in [-0.2, -0.15) is 5.26 Å². The summed E-state index contributed by atoms with van der Waals surface area (Å²) in [6.45, 7) is 7.19. The summed E-state index contributed by atoms with van der Waals surface area (Å²) < 4.78 is 10.8. The smallest absolute Gasteiger partial charge is 0.219 e. The summed E-state index contributed by atoms with van der Waals surface area (Å²) in [6.07, 6.45) is 1.49. The standard InChI is InChI=1S/C21H22N2O4/c1-6-27-18-10-15(7-8-17(18)26-5)9-16(11-22)21(25)20-12(2)19(14(4)24)13(3)23-20/h7-10,23H,6H2,1-5H3/b16-9+. The Morgan fingerprint density at radius 3 is 2.48 bits per heavy atom. The molecule has 1 aromatic heterocycles. The number of methoxy groups -OCH3 is 1. The van der Waals surface area contributed by atoms with Gasteiger partial charge in [-0.15, -0.1) is 0 Å². The molecule has 2 rings (SSSR count). The van der Waals surface area contributed by atoms with Crippen molar-refractivity contribution in [2.75, 3.05) is 13.7 Å². The number of aromatic amines is 1. The molecule has 0 spiro atoms. The number of H-pyrrole nitrogens is 1. The summed E-state index contributed by atoms with van der Waals surface area (Å²) in [5, 5.41) is 9.49. The molecule has 0 unspecified atom stereocenters. The van der Waals surface area contributed by atoms with Crippen LogP contribution in [0.1, 0.15) is 51.5 Å². The Hall–Kier alpha value is -3.33. The van der Waals surface area contributed by atoms with Crippen LogP contribution in [0.15, 0.2) is 23.8 Å². The van der Waals surface area contributed by atoms with E-state index in [1.54, 1.807) is 39.2 Å². The zero-order chi connectivity index (χ0) is 20.1. The molecule has 1 aromatic carbocycles. The third kappa shape index (κ3) is 4.09. The van der Waals surface area contributed by atoms with Crippen LogP contribution in [-0.4, -0.2) is 30.3 Å². The van der Waals surface area contributed by atoms with Crippen LogP contribution < -0.4 is 9.47 Å². The summed E-state index contributed by atoms with van der Waals surface area (Å²) in [7, 11) is 1.54. The van der Waals surface area contributed by atoms with Crippen LogP contribution in [0.2, 0.25) is 0 Å². The first-order chi connectivity index (χ1) is 12.8. The molecule has 2 aromatic rings. The van der Waals surface area contributed by atoms with Crippen LogP contribution in [0.3, 0.4) is 0 Å². The summed E-state index contributed by atoms with van der Waals surface area (Å²) in [6, 6.07) is 7.11. The number of rotatable bonds is 7. The van der Waals surface area contributed by atoms with Gasteiger partial charge >= 0.3 is 0 Å². The van der Waals surface area contributed by atoms with Crippen LogP contribution in [0, 0.1) is 25.2 Å². The molecule has 0 aliphatic rings. The fourth-order valence-corrected chi connectivity index (χ4v) is 3.01. The minimum atomic E-state index is -0.459. The number of ketones is 2. The highest BCUT2D eigenvalue weighted by Crippen LogP contribution is 2.29. The van der Waals surface area contributed by atoms with E-state index in [0.29, 0.717) is 40.5 Å². The number of carbonyl (C=O) groups is 2.